The van der Waals surface area contributed by atoms with Crippen LogP contribution in [0.15, 0.2) is 23.2 Å². The van der Waals surface area contributed by atoms with Crippen molar-refractivity contribution >= 4 is 38.8 Å². The second kappa shape index (κ2) is 4.83. The maximum Gasteiger partial charge on any atom is 0.264 e. The van der Waals surface area contributed by atoms with Crippen LogP contribution in [0.1, 0.15) is 9.75 Å². The van der Waals surface area contributed by atoms with Gasteiger partial charge < -0.3 is 0 Å². The van der Waals surface area contributed by atoms with Gasteiger partial charge in [0.2, 0.25) is 5.28 Å². The Kier molecular flexibility index (Phi) is 3.56. The van der Waals surface area contributed by atoms with Crippen molar-refractivity contribution in [1.82, 2.24) is 9.97 Å². The Bertz CT molecular complexity index is 682. The van der Waals surface area contributed by atoms with E-state index in [-0.39, 0.29) is 16.0 Å². The lowest BCUT2D eigenvalue weighted by atomic mass is 10.4. The Balaban J connectivity index is 2.36. The van der Waals surface area contributed by atoms with E-state index in [1.165, 1.54) is 23.6 Å². The van der Waals surface area contributed by atoms with Crippen LogP contribution in [0.5, 0.6) is 0 Å². The molecule has 2 heterocycles. The van der Waals surface area contributed by atoms with E-state index in [2.05, 4.69) is 14.7 Å². The third-order valence-corrected chi connectivity index (χ3v) is 4.91. The number of sulfonamides is 1. The van der Waals surface area contributed by atoms with E-state index in [0.29, 0.717) is 0 Å². The van der Waals surface area contributed by atoms with E-state index < -0.39 is 10.0 Å². The molecule has 18 heavy (non-hydrogen) atoms. The first kappa shape index (κ1) is 13.3. The second-order valence-corrected chi connectivity index (χ2v) is 7.04. The molecule has 0 aliphatic carbocycles. The van der Waals surface area contributed by atoms with Crippen LogP contribution >= 0.6 is 22.9 Å². The average molecular weight is 304 g/mol. The normalized spacial score (nSPS) is 11.5. The lowest BCUT2D eigenvalue weighted by Crippen LogP contribution is -2.14. The SMILES string of the molecule is Cc1cc(S(=O)(=O)Nc2ccnc(Cl)n2)c(C)s1. The van der Waals surface area contributed by atoms with Crippen molar-refractivity contribution in [2.75, 3.05) is 4.72 Å². The summed E-state index contributed by atoms with van der Waals surface area (Å²) in [6.07, 6.45) is 1.39. The molecule has 5 nitrogen and oxygen atoms in total. The minimum Gasteiger partial charge on any atom is -0.263 e. The zero-order chi connectivity index (χ0) is 13.3. The van der Waals surface area contributed by atoms with Gasteiger partial charge in [-0.3, -0.25) is 4.72 Å². The highest BCUT2D eigenvalue weighted by Gasteiger charge is 2.19. The number of nitrogens with zero attached hydrogens (tertiary/aromatic N) is 2. The summed E-state index contributed by atoms with van der Waals surface area (Å²) in [5, 5.41) is -0.00609. The van der Waals surface area contributed by atoms with E-state index in [4.69, 9.17) is 11.6 Å². The van der Waals surface area contributed by atoms with E-state index in [0.717, 1.165) is 9.75 Å². The quantitative estimate of drug-likeness (QED) is 0.885. The highest BCUT2D eigenvalue weighted by atomic mass is 35.5. The molecular formula is C10H10ClN3O2S2. The summed E-state index contributed by atoms with van der Waals surface area (Å²) in [5.41, 5.74) is 0. The molecule has 0 saturated carbocycles. The van der Waals surface area contributed by atoms with Gasteiger partial charge in [0.05, 0.1) is 0 Å². The molecule has 0 aliphatic heterocycles. The predicted octanol–water partition coefficient (Wildman–Crippen LogP) is 2.61. The third kappa shape index (κ3) is 2.80. The lowest BCUT2D eigenvalue weighted by Gasteiger charge is -2.06. The lowest BCUT2D eigenvalue weighted by molar-refractivity contribution is 0.601. The molecule has 1 N–H and O–H groups in total. The summed E-state index contributed by atoms with van der Waals surface area (Å²) in [6.45, 7) is 3.62. The van der Waals surface area contributed by atoms with Crippen LogP contribution in [0.3, 0.4) is 0 Å². The molecule has 8 heteroatoms. The Morgan fingerprint density at radius 1 is 1.39 bits per heavy atom. The van der Waals surface area contributed by atoms with E-state index in [1.807, 2.05) is 6.92 Å². The Labute approximate surface area is 114 Å². The van der Waals surface area contributed by atoms with Crippen molar-refractivity contribution in [3.8, 4) is 0 Å². The zero-order valence-corrected chi connectivity index (χ0v) is 12.0. The Morgan fingerprint density at radius 3 is 2.67 bits per heavy atom. The van der Waals surface area contributed by atoms with E-state index in [9.17, 15) is 8.42 Å². The van der Waals surface area contributed by atoms with Gasteiger partial charge in [0.1, 0.15) is 10.7 Å². The van der Waals surface area contributed by atoms with Crippen molar-refractivity contribution in [3.05, 3.63) is 33.4 Å². The molecule has 0 radical (unpaired) electrons. The standard InChI is InChI=1S/C10H10ClN3O2S2/c1-6-5-8(7(2)17-6)18(15,16)14-9-3-4-12-10(11)13-9/h3-5H,1-2H3,(H,12,13,14). The first-order valence-corrected chi connectivity index (χ1v) is 7.64. The third-order valence-electron chi connectivity index (χ3n) is 2.15. The van der Waals surface area contributed by atoms with Gasteiger partial charge in [-0.2, -0.15) is 4.98 Å². The predicted molar refractivity (Wildman–Crippen MR) is 71.6 cm³/mol. The number of hydrogen-bond acceptors (Lipinski definition) is 5. The number of rotatable bonds is 3. The molecule has 0 spiro atoms. The topological polar surface area (TPSA) is 72.0 Å². The van der Waals surface area contributed by atoms with Crippen molar-refractivity contribution in [3.63, 3.8) is 0 Å². The summed E-state index contributed by atoms with van der Waals surface area (Å²) in [5.74, 6) is 0.151. The van der Waals surface area contributed by atoms with Crippen LogP contribution in [-0.2, 0) is 10.0 Å². The Morgan fingerprint density at radius 2 is 2.11 bits per heavy atom. The fourth-order valence-corrected chi connectivity index (χ4v) is 4.16. The van der Waals surface area contributed by atoms with Gasteiger partial charge in [-0.15, -0.1) is 11.3 Å². The van der Waals surface area contributed by atoms with Crippen molar-refractivity contribution in [2.45, 2.75) is 18.7 Å². The molecule has 0 aliphatic rings. The molecule has 96 valence electrons. The number of hydrogen-bond donors (Lipinski definition) is 1. The fourth-order valence-electron chi connectivity index (χ4n) is 1.46. The maximum absolute atomic E-state index is 12.1. The van der Waals surface area contributed by atoms with Crippen LogP contribution in [-0.4, -0.2) is 18.4 Å². The highest BCUT2D eigenvalue weighted by Crippen LogP contribution is 2.26. The molecule has 0 fully saturated rings. The van der Waals surface area contributed by atoms with Crippen LogP contribution < -0.4 is 4.72 Å². The molecule has 2 aromatic heterocycles. The second-order valence-electron chi connectivity index (χ2n) is 3.59. The van der Waals surface area contributed by atoms with E-state index >= 15 is 0 Å². The largest absolute Gasteiger partial charge is 0.264 e. The van der Waals surface area contributed by atoms with Gasteiger partial charge in [-0.25, -0.2) is 13.4 Å². The smallest absolute Gasteiger partial charge is 0.263 e. The fraction of sp³-hybridized carbons (Fsp3) is 0.200. The maximum atomic E-state index is 12.1. The molecular weight excluding hydrogens is 294 g/mol. The molecule has 0 aromatic carbocycles. The molecule has 2 aromatic rings. The van der Waals surface area contributed by atoms with Gasteiger partial charge >= 0.3 is 0 Å². The minimum atomic E-state index is -3.63. The molecule has 0 unspecified atom stereocenters. The Hall–Kier alpha value is -1.18. The van der Waals surface area contributed by atoms with Gasteiger partial charge in [-0.05, 0) is 37.6 Å². The highest BCUT2D eigenvalue weighted by molar-refractivity contribution is 7.93. The minimum absolute atomic E-state index is 0.00609. The average Bonchev–Trinajstić information content (AvgIpc) is 2.58. The summed E-state index contributed by atoms with van der Waals surface area (Å²) in [6, 6.07) is 3.07. The molecule has 2 rings (SSSR count). The first-order chi connectivity index (χ1) is 8.38. The summed E-state index contributed by atoms with van der Waals surface area (Å²) in [7, 11) is -3.63. The number of aromatic nitrogens is 2. The molecule has 0 bridgehead atoms. The van der Waals surface area contributed by atoms with E-state index in [1.54, 1.807) is 13.0 Å². The van der Waals surface area contributed by atoms with Crippen LogP contribution in [0, 0.1) is 13.8 Å². The van der Waals surface area contributed by atoms with Crippen molar-refractivity contribution in [2.24, 2.45) is 0 Å². The number of nitrogens with one attached hydrogen (secondary N) is 1. The van der Waals surface area contributed by atoms with Crippen LogP contribution in [0.2, 0.25) is 5.28 Å². The van der Waals surface area contributed by atoms with Gasteiger partial charge in [-0.1, -0.05) is 0 Å². The monoisotopic (exact) mass is 303 g/mol. The summed E-state index contributed by atoms with van der Waals surface area (Å²) < 4.78 is 26.7. The van der Waals surface area contributed by atoms with Gasteiger partial charge in [0.25, 0.3) is 10.0 Å². The summed E-state index contributed by atoms with van der Waals surface area (Å²) >= 11 is 7.03. The first-order valence-electron chi connectivity index (χ1n) is 4.97. The van der Waals surface area contributed by atoms with Crippen LogP contribution in [0.25, 0.3) is 0 Å². The summed E-state index contributed by atoms with van der Waals surface area (Å²) in [4.78, 5) is 9.41. The van der Waals surface area contributed by atoms with Crippen molar-refractivity contribution in [1.29, 1.82) is 0 Å². The number of thiophene rings is 1. The molecule has 0 saturated heterocycles. The van der Waals surface area contributed by atoms with Crippen LogP contribution in [0.4, 0.5) is 5.82 Å². The van der Waals surface area contributed by atoms with Gasteiger partial charge in [0, 0.05) is 16.0 Å². The zero-order valence-electron chi connectivity index (χ0n) is 9.64. The number of halogens is 1. The van der Waals surface area contributed by atoms with Crippen molar-refractivity contribution < 1.29 is 8.42 Å². The molecule has 0 amide bonds. The number of anilines is 1. The van der Waals surface area contributed by atoms with Gasteiger partial charge in [0.15, 0.2) is 0 Å². The molecule has 0 atom stereocenters. The number of aryl methyl sites for hydroxylation is 2.